The van der Waals surface area contributed by atoms with Crippen LogP contribution in [0.1, 0.15) is 29.5 Å². The van der Waals surface area contributed by atoms with Gasteiger partial charge >= 0.3 is 0 Å². The molecular formula is C14H18BrNO. The summed E-state index contributed by atoms with van der Waals surface area (Å²) in [6.07, 6.45) is 8.87. The van der Waals surface area contributed by atoms with Crippen LogP contribution >= 0.6 is 15.9 Å². The fraction of sp³-hybridized carbons (Fsp3) is 0.429. The van der Waals surface area contributed by atoms with Gasteiger partial charge in [0.15, 0.2) is 0 Å². The van der Waals surface area contributed by atoms with E-state index in [1.165, 1.54) is 30.4 Å². The number of aryl methyl sites for hydroxylation is 1. The molecular weight excluding hydrogens is 278 g/mol. The third-order valence-corrected chi connectivity index (χ3v) is 4.04. The van der Waals surface area contributed by atoms with E-state index in [1.54, 1.807) is 7.11 Å². The molecule has 0 atom stereocenters. The zero-order valence-electron chi connectivity index (χ0n) is 10.1. The number of ether oxygens (including phenoxy) is 1. The predicted molar refractivity (Wildman–Crippen MR) is 75.4 cm³/mol. The van der Waals surface area contributed by atoms with Crippen molar-refractivity contribution in [1.82, 2.24) is 0 Å². The van der Waals surface area contributed by atoms with E-state index >= 15 is 0 Å². The highest BCUT2D eigenvalue weighted by atomic mass is 79.9. The van der Waals surface area contributed by atoms with Crippen molar-refractivity contribution >= 4 is 22.0 Å². The molecule has 92 valence electrons. The second-order valence-electron chi connectivity index (χ2n) is 4.30. The summed E-state index contributed by atoms with van der Waals surface area (Å²) < 4.78 is 6.62. The van der Waals surface area contributed by atoms with Gasteiger partial charge in [-0.3, -0.25) is 0 Å². The van der Waals surface area contributed by atoms with Crippen molar-refractivity contribution in [3.05, 3.63) is 33.3 Å². The monoisotopic (exact) mass is 295 g/mol. The molecule has 0 unspecified atom stereocenters. The maximum Gasteiger partial charge on any atom is 0.140 e. The molecule has 1 aliphatic carbocycles. The molecule has 0 fully saturated rings. The maximum absolute atomic E-state index is 5.50. The Morgan fingerprint density at radius 3 is 2.88 bits per heavy atom. The first-order chi connectivity index (χ1) is 8.27. The highest BCUT2D eigenvalue weighted by molar-refractivity contribution is 9.10. The van der Waals surface area contributed by atoms with Gasteiger partial charge in [-0.15, -0.1) is 0 Å². The maximum atomic E-state index is 5.50. The van der Waals surface area contributed by atoms with E-state index in [0.29, 0.717) is 6.54 Å². The normalized spacial score (nSPS) is 15.0. The second-order valence-corrected chi connectivity index (χ2v) is 5.09. The van der Waals surface area contributed by atoms with E-state index < -0.39 is 0 Å². The van der Waals surface area contributed by atoms with Crippen molar-refractivity contribution in [2.24, 2.45) is 5.73 Å². The van der Waals surface area contributed by atoms with Gasteiger partial charge in [-0.05, 0) is 58.8 Å². The van der Waals surface area contributed by atoms with Crippen LogP contribution in [0.5, 0.6) is 5.75 Å². The summed E-state index contributed by atoms with van der Waals surface area (Å²) in [5.41, 5.74) is 9.48. The highest BCUT2D eigenvalue weighted by Crippen LogP contribution is 2.38. The molecule has 1 aliphatic rings. The van der Waals surface area contributed by atoms with E-state index in [0.717, 1.165) is 22.2 Å². The predicted octanol–water partition coefficient (Wildman–Crippen LogP) is 3.31. The SMILES string of the molecule is COc1c(/C=C/CN)cc2c(c1Br)CCCC2. The first-order valence-corrected chi connectivity index (χ1v) is 6.82. The van der Waals surface area contributed by atoms with Gasteiger partial charge in [-0.25, -0.2) is 0 Å². The van der Waals surface area contributed by atoms with Crippen molar-refractivity contribution in [2.45, 2.75) is 25.7 Å². The topological polar surface area (TPSA) is 35.2 Å². The summed E-state index contributed by atoms with van der Waals surface area (Å²) in [5.74, 6) is 0.926. The van der Waals surface area contributed by atoms with Crippen molar-refractivity contribution in [2.75, 3.05) is 13.7 Å². The summed E-state index contributed by atoms with van der Waals surface area (Å²) in [5, 5.41) is 0. The molecule has 2 rings (SSSR count). The largest absolute Gasteiger partial charge is 0.495 e. The first kappa shape index (κ1) is 12.7. The van der Waals surface area contributed by atoms with Crippen molar-refractivity contribution < 1.29 is 4.74 Å². The molecule has 0 amide bonds. The molecule has 0 saturated heterocycles. The number of fused-ring (bicyclic) bond motifs is 1. The van der Waals surface area contributed by atoms with Gasteiger partial charge in [0, 0.05) is 12.1 Å². The van der Waals surface area contributed by atoms with Gasteiger partial charge in [0.2, 0.25) is 0 Å². The lowest BCUT2D eigenvalue weighted by Crippen LogP contribution is -2.06. The molecule has 0 heterocycles. The Morgan fingerprint density at radius 1 is 1.41 bits per heavy atom. The Balaban J connectivity index is 2.51. The molecule has 0 aliphatic heterocycles. The zero-order chi connectivity index (χ0) is 12.3. The Hall–Kier alpha value is -0.800. The molecule has 0 radical (unpaired) electrons. The van der Waals surface area contributed by atoms with E-state index in [2.05, 4.69) is 22.0 Å². The summed E-state index contributed by atoms with van der Waals surface area (Å²) in [4.78, 5) is 0. The van der Waals surface area contributed by atoms with E-state index in [9.17, 15) is 0 Å². The van der Waals surface area contributed by atoms with E-state index in [1.807, 2.05) is 12.2 Å². The van der Waals surface area contributed by atoms with E-state index in [4.69, 9.17) is 10.5 Å². The van der Waals surface area contributed by atoms with Crippen LogP contribution in [0.3, 0.4) is 0 Å². The highest BCUT2D eigenvalue weighted by Gasteiger charge is 2.18. The van der Waals surface area contributed by atoms with Crippen LogP contribution in [0.25, 0.3) is 6.08 Å². The summed E-state index contributed by atoms with van der Waals surface area (Å²) in [6.45, 7) is 0.553. The lowest BCUT2D eigenvalue weighted by Gasteiger charge is -2.20. The lowest BCUT2D eigenvalue weighted by molar-refractivity contribution is 0.409. The molecule has 2 N–H and O–H groups in total. The van der Waals surface area contributed by atoms with Crippen LogP contribution in [0.4, 0.5) is 0 Å². The van der Waals surface area contributed by atoms with Gasteiger partial charge in [-0.2, -0.15) is 0 Å². The number of rotatable bonds is 3. The third-order valence-electron chi connectivity index (χ3n) is 3.20. The molecule has 0 saturated carbocycles. The Morgan fingerprint density at radius 2 is 2.18 bits per heavy atom. The fourth-order valence-corrected chi connectivity index (χ4v) is 3.23. The number of methoxy groups -OCH3 is 1. The van der Waals surface area contributed by atoms with Crippen LogP contribution in [0.2, 0.25) is 0 Å². The molecule has 0 spiro atoms. The van der Waals surface area contributed by atoms with Crippen molar-refractivity contribution in [3.63, 3.8) is 0 Å². The fourth-order valence-electron chi connectivity index (χ4n) is 2.38. The average molecular weight is 296 g/mol. The second kappa shape index (κ2) is 5.69. The molecule has 2 nitrogen and oxygen atoms in total. The standard InChI is InChI=1S/C14H18BrNO/c1-17-14-11(6-4-8-16)9-10-5-2-3-7-12(10)13(14)15/h4,6,9H,2-3,5,7-8,16H2,1H3/b6-4+. The minimum absolute atomic E-state index is 0.553. The summed E-state index contributed by atoms with van der Waals surface area (Å²) in [6, 6.07) is 2.24. The summed E-state index contributed by atoms with van der Waals surface area (Å²) >= 11 is 3.68. The number of hydrogen-bond donors (Lipinski definition) is 1. The van der Waals surface area contributed by atoms with Crippen LogP contribution in [-0.4, -0.2) is 13.7 Å². The third kappa shape index (κ3) is 2.55. The first-order valence-electron chi connectivity index (χ1n) is 6.02. The Bertz CT molecular complexity index is 440. The molecule has 3 heteroatoms. The van der Waals surface area contributed by atoms with Gasteiger partial charge in [0.1, 0.15) is 5.75 Å². The number of benzene rings is 1. The number of hydrogen-bond acceptors (Lipinski definition) is 2. The molecule has 17 heavy (non-hydrogen) atoms. The van der Waals surface area contributed by atoms with Crippen LogP contribution < -0.4 is 10.5 Å². The number of halogens is 1. The summed E-state index contributed by atoms with van der Waals surface area (Å²) in [7, 11) is 1.72. The zero-order valence-corrected chi connectivity index (χ0v) is 11.7. The van der Waals surface area contributed by atoms with Crippen LogP contribution in [-0.2, 0) is 12.8 Å². The van der Waals surface area contributed by atoms with Crippen LogP contribution in [0, 0.1) is 0 Å². The number of nitrogens with two attached hydrogens (primary N) is 1. The van der Waals surface area contributed by atoms with Gasteiger partial charge < -0.3 is 10.5 Å². The molecule has 1 aromatic rings. The quantitative estimate of drug-likeness (QED) is 0.928. The average Bonchev–Trinajstić information content (AvgIpc) is 2.36. The van der Waals surface area contributed by atoms with Crippen molar-refractivity contribution in [3.8, 4) is 5.75 Å². The molecule has 1 aromatic carbocycles. The Labute approximate surface area is 111 Å². The van der Waals surface area contributed by atoms with Gasteiger partial charge in [0.25, 0.3) is 0 Å². The van der Waals surface area contributed by atoms with Gasteiger partial charge in [-0.1, -0.05) is 12.2 Å². The minimum Gasteiger partial charge on any atom is -0.495 e. The minimum atomic E-state index is 0.553. The molecule has 0 aromatic heterocycles. The molecule has 0 bridgehead atoms. The smallest absolute Gasteiger partial charge is 0.140 e. The Kier molecular flexibility index (Phi) is 4.24. The van der Waals surface area contributed by atoms with Crippen molar-refractivity contribution in [1.29, 1.82) is 0 Å². The van der Waals surface area contributed by atoms with E-state index in [-0.39, 0.29) is 0 Å². The van der Waals surface area contributed by atoms with Crippen LogP contribution in [0.15, 0.2) is 16.6 Å². The lowest BCUT2D eigenvalue weighted by atomic mass is 9.90. The van der Waals surface area contributed by atoms with Gasteiger partial charge in [0.05, 0.1) is 11.6 Å².